The molecule has 1 unspecified atom stereocenters. The minimum Gasteiger partial charge on any atom is -0.497 e. The second kappa shape index (κ2) is 7.64. The summed E-state index contributed by atoms with van der Waals surface area (Å²) in [6.07, 6.45) is 2.84. The van der Waals surface area contributed by atoms with Crippen LogP contribution in [-0.2, 0) is 0 Å². The number of nitrogens with zero attached hydrogens (tertiary/aromatic N) is 1. The molecule has 0 amide bonds. The van der Waals surface area contributed by atoms with Crippen LogP contribution >= 0.6 is 0 Å². The van der Waals surface area contributed by atoms with Gasteiger partial charge >= 0.3 is 0 Å². The summed E-state index contributed by atoms with van der Waals surface area (Å²) in [5.41, 5.74) is 2.00. The van der Waals surface area contributed by atoms with E-state index in [-0.39, 0.29) is 6.04 Å². The number of benzene rings is 1. The van der Waals surface area contributed by atoms with E-state index in [4.69, 9.17) is 9.47 Å². The number of hydrogen-bond acceptors (Lipinski definition) is 4. The molecule has 1 aromatic carbocycles. The van der Waals surface area contributed by atoms with Gasteiger partial charge in [-0.3, -0.25) is 4.98 Å². The molecule has 1 N–H and O–H groups in total. The van der Waals surface area contributed by atoms with Crippen LogP contribution < -0.4 is 14.8 Å². The molecule has 4 heteroatoms. The van der Waals surface area contributed by atoms with Crippen LogP contribution in [0.3, 0.4) is 0 Å². The van der Waals surface area contributed by atoms with Gasteiger partial charge in [-0.05, 0) is 42.8 Å². The minimum absolute atomic E-state index is 0.0174. The highest BCUT2D eigenvalue weighted by Crippen LogP contribution is 2.29. The lowest BCUT2D eigenvalue weighted by atomic mass is 10.0. The van der Waals surface area contributed by atoms with Crippen molar-refractivity contribution in [2.45, 2.75) is 19.4 Å². The van der Waals surface area contributed by atoms with Crippen molar-refractivity contribution >= 4 is 0 Å². The van der Waals surface area contributed by atoms with Gasteiger partial charge < -0.3 is 14.8 Å². The zero-order chi connectivity index (χ0) is 15.1. The molecule has 0 bridgehead atoms. The quantitative estimate of drug-likeness (QED) is 0.849. The van der Waals surface area contributed by atoms with Crippen LogP contribution in [0.5, 0.6) is 11.5 Å². The van der Waals surface area contributed by atoms with E-state index in [0.717, 1.165) is 35.7 Å². The second-order valence-corrected chi connectivity index (χ2v) is 4.75. The third-order valence-corrected chi connectivity index (χ3v) is 3.32. The smallest absolute Gasteiger partial charge is 0.142 e. The number of hydrogen-bond donors (Lipinski definition) is 1. The lowest BCUT2D eigenvalue weighted by Gasteiger charge is -2.21. The summed E-state index contributed by atoms with van der Waals surface area (Å²) in [4.78, 5) is 4.51. The topological polar surface area (TPSA) is 43.4 Å². The van der Waals surface area contributed by atoms with E-state index in [2.05, 4.69) is 23.3 Å². The molecule has 0 fully saturated rings. The van der Waals surface area contributed by atoms with E-state index < -0.39 is 0 Å². The van der Waals surface area contributed by atoms with Crippen molar-refractivity contribution in [3.05, 3.63) is 53.9 Å². The first-order chi connectivity index (χ1) is 10.3. The molecule has 112 valence electrons. The maximum absolute atomic E-state index is 5.45. The monoisotopic (exact) mass is 286 g/mol. The van der Waals surface area contributed by atoms with Gasteiger partial charge in [0.05, 0.1) is 20.3 Å². The van der Waals surface area contributed by atoms with Gasteiger partial charge in [-0.15, -0.1) is 0 Å². The standard InChI is InChI=1S/C17H22N2O2/c1-4-10-18-16(13-7-5-8-14(12-13)20-2)17-15(21-3)9-6-11-19-17/h5-9,11-12,16,18H,4,10H2,1-3H3. The fourth-order valence-corrected chi connectivity index (χ4v) is 2.27. The first-order valence-electron chi connectivity index (χ1n) is 7.16. The molecule has 0 aliphatic rings. The molecule has 2 aromatic rings. The van der Waals surface area contributed by atoms with Crippen molar-refractivity contribution in [1.29, 1.82) is 0 Å². The van der Waals surface area contributed by atoms with Crippen molar-refractivity contribution in [2.75, 3.05) is 20.8 Å². The largest absolute Gasteiger partial charge is 0.497 e. The van der Waals surface area contributed by atoms with Crippen LogP contribution in [0, 0.1) is 0 Å². The van der Waals surface area contributed by atoms with Gasteiger partial charge in [-0.25, -0.2) is 0 Å². The molecule has 21 heavy (non-hydrogen) atoms. The summed E-state index contributed by atoms with van der Waals surface area (Å²) in [6, 6.07) is 11.8. The van der Waals surface area contributed by atoms with Gasteiger partial charge in [-0.2, -0.15) is 0 Å². The van der Waals surface area contributed by atoms with Crippen LogP contribution in [0.25, 0.3) is 0 Å². The molecule has 1 atom stereocenters. The summed E-state index contributed by atoms with van der Waals surface area (Å²) in [5.74, 6) is 1.62. The van der Waals surface area contributed by atoms with Crippen molar-refractivity contribution in [3.8, 4) is 11.5 Å². The number of ether oxygens (including phenoxy) is 2. The van der Waals surface area contributed by atoms with E-state index in [1.165, 1.54) is 0 Å². The van der Waals surface area contributed by atoms with Gasteiger partial charge in [0.1, 0.15) is 17.2 Å². The number of nitrogens with one attached hydrogen (secondary N) is 1. The third-order valence-electron chi connectivity index (χ3n) is 3.32. The minimum atomic E-state index is -0.0174. The molecule has 0 saturated heterocycles. The van der Waals surface area contributed by atoms with Crippen LogP contribution in [0.4, 0.5) is 0 Å². The van der Waals surface area contributed by atoms with Crippen LogP contribution in [-0.4, -0.2) is 25.7 Å². The fourth-order valence-electron chi connectivity index (χ4n) is 2.27. The average Bonchev–Trinajstić information content (AvgIpc) is 2.56. The van der Waals surface area contributed by atoms with Crippen LogP contribution in [0.1, 0.15) is 30.6 Å². The Bertz CT molecular complexity index is 572. The molecule has 0 radical (unpaired) electrons. The SMILES string of the molecule is CCCNC(c1cccc(OC)c1)c1ncccc1OC. The molecule has 1 aromatic heterocycles. The zero-order valence-corrected chi connectivity index (χ0v) is 12.8. The maximum atomic E-state index is 5.45. The number of aromatic nitrogens is 1. The molecule has 0 aliphatic carbocycles. The highest BCUT2D eigenvalue weighted by Gasteiger charge is 2.19. The number of methoxy groups -OCH3 is 2. The molecular weight excluding hydrogens is 264 g/mol. The Kier molecular flexibility index (Phi) is 5.58. The molecule has 0 aliphatic heterocycles. The summed E-state index contributed by atoms with van der Waals surface area (Å²) < 4.78 is 10.8. The Hall–Kier alpha value is -2.07. The van der Waals surface area contributed by atoms with Gasteiger partial charge in [-0.1, -0.05) is 19.1 Å². The molecule has 0 spiro atoms. The molecular formula is C17H22N2O2. The predicted molar refractivity (Wildman–Crippen MR) is 83.9 cm³/mol. The van der Waals surface area contributed by atoms with Crippen molar-refractivity contribution in [3.63, 3.8) is 0 Å². The summed E-state index contributed by atoms with van der Waals surface area (Å²) in [6.45, 7) is 3.05. The van der Waals surface area contributed by atoms with Crippen molar-refractivity contribution < 1.29 is 9.47 Å². The lowest BCUT2D eigenvalue weighted by Crippen LogP contribution is -2.24. The van der Waals surface area contributed by atoms with E-state index in [1.54, 1.807) is 20.4 Å². The molecule has 1 heterocycles. The Morgan fingerprint density at radius 3 is 2.71 bits per heavy atom. The molecule has 2 rings (SSSR count). The summed E-state index contributed by atoms with van der Waals surface area (Å²) >= 11 is 0. The predicted octanol–water partition coefficient (Wildman–Crippen LogP) is 3.19. The van der Waals surface area contributed by atoms with Gasteiger partial charge in [0, 0.05) is 6.20 Å². The summed E-state index contributed by atoms with van der Waals surface area (Å²) in [7, 11) is 3.35. The highest BCUT2D eigenvalue weighted by atomic mass is 16.5. The highest BCUT2D eigenvalue weighted by molar-refractivity contribution is 5.39. The maximum Gasteiger partial charge on any atom is 0.142 e. The zero-order valence-electron chi connectivity index (χ0n) is 12.8. The normalized spacial score (nSPS) is 12.0. The van der Waals surface area contributed by atoms with Gasteiger partial charge in [0.25, 0.3) is 0 Å². The Balaban J connectivity index is 2.41. The molecule has 4 nitrogen and oxygen atoms in total. The van der Waals surface area contributed by atoms with Crippen LogP contribution in [0.2, 0.25) is 0 Å². The fraction of sp³-hybridized carbons (Fsp3) is 0.353. The second-order valence-electron chi connectivity index (χ2n) is 4.75. The lowest BCUT2D eigenvalue weighted by molar-refractivity contribution is 0.398. The average molecular weight is 286 g/mol. The van der Waals surface area contributed by atoms with E-state index in [9.17, 15) is 0 Å². The van der Waals surface area contributed by atoms with Crippen molar-refractivity contribution in [2.24, 2.45) is 0 Å². The van der Waals surface area contributed by atoms with E-state index in [0.29, 0.717) is 0 Å². The van der Waals surface area contributed by atoms with E-state index >= 15 is 0 Å². The third kappa shape index (κ3) is 3.73. The Morgan fingerprint density at radius 2 is 2.00 bits per heavy atom. The first kappa shape index (κ1) is 15.3. The molecule has 0 saturated carbocycles. The van der Waals surface area contributed by atoms with Crippen molar-refractivity contribution in [1.82, 2.24) is 10.3 Å². The van der Waals surface area contributed by atoms with E-state index in [1.807, 2.05) is 30.3 Å². The van der Waals surface area contributed by atoms with Gasteiger partial charge in [0.15, 0.2) is 0 Å². The number of rotatable bonds is 7. The van der Waals surface area contributed by atoms with Gasteiger partial charge in [0.2, 0.25) is 0 Å². The Morgan fingerprint density at radius 1 is 1.14 bits per heavy atom. The van der Waals surface area contributed by atoms with Crippen LogP contribution in [0.15, 0.2) is 42.6 Å². The summed E-state index contributed by atoms with van der Waals surface area (Å²) in [5, 5.41) is 3.53. The number of pyridine rings is 1. The first-order valence-corrected chi connectivity index (χ1v) is 7.16. The Labute approximate surface area is 126 Å².